The first-order valence-electron chi connectivity index (χ1n) is 4.53. The van der Waals surface area contributed by atoms with Crippen molar-refractivity contribution in [3.05, 3.63) is 28.7 Å². The zero-order valence-corrected chi connectivity index (χ0v) is 9.20. The highest BCUT2D eigenvalue weighted by atomic mass is 79.9. The first-order valence-corrected chi connectivity index (χ1v) is 5.33. The van der Waals surface area contributed by atoms with E-state index in [1.165, 1.54) is 0 Å². The minimum absolute atomic E-state index is 0.00398. The smallest absolute Gasteiger partial charge is 0.0996 e. The van der Waals surface area contributed by atoms with E-state index in [0.717, 1.165) is 10.2 Å². The lowest BCUT2D eigenvalue weighted by molar-refractivity contribution is 0.125. The van der Waals surface area contributed by atoms with Crippen LogP contribution >= 0.6 is 15.9 Å². The molecule has 1 aromatic rings. The predicted octanol–water partition coefficient (Wildman–Crippen LogP) is 1.62. The lowest BCUT2D eigenvalue weighted by Gasteiger charge is -2.15. The van der Waals surface area contributed by atoms with Crippen molar-refractivity contribution in [2.24, 2.45) is 0 Å². The molecule has 0 aliphatic carbocycles. The summed E-state index contributed by atoms with van der Waals surface area (Å²) in [5, 5.41) is 12.7. The fourth-order valence-electron chi connectivity index (χ4n) is 1.47. The van der Waals surface area contributed by atoms with Gasteiger partial charge < -0.3 is 15.2 Å². The number of rotatable bonds is 2. The summed E-state index contributed by atoms with van der Waals surface area (Å²) in [6, 6.07) is 7.87. The average molecular weight is 258 g/mol. The van der Waals surface area contributed by atoms with Gasteiger partial charge in [0.05, 0.1) is 25.4 Å². The maximum atomic E-state index is 9.52. The highest BCUT2D eigenvalue weighted by Crippen LogP contribution is 2.18. The minimum Gasteiger partial charge on any atom is -0.388 e. The average Bonchev–Trinajstić information content (AvgIpc) is 2.52. The van der Waals surface area contributed by atoms with E-state index < -0.39 is 6.10 Å². The SMILES string of the molecule is O[C@H]1COC[C@@H]1Nc1cccc(Br)c1. The van der Waals surface area contributed by atoms with Gasteiger partial charge >= 0.3 is 0 Å². The second kappa shape index (κ2) is 4.29. The van der Waals surface area contributed by atoms with Crippen molar-refractivity contribution in [3.8, 4) is 0 Å². The van der Waals surface area contributed by atoms with Crippen molar-refractivity contribution in [2.45, 2.75) is 12.1 Å². The first-order chi connectivity index (χ1) is 6.75. The summed E-state index contributed by atoms with van der Waals surface area (Å²) < 4.78 is 6.17. The quantitative estimate of drug-likeness (QED) is 0.847. The van der Waals surface area contributed by atoms with E-state index in [4.69, 9.17) is 4.74 Å². The van der Waals surface area contributed by atoms with Gasteiger partial charge in [-0.2, -0.15) is 0 Å². The van der Waals surface area contributed by atoms with Crippen LogP contribution in [0.25, 0.3) is 0 Å². The Labute approximate surface area is 91.2 Å². The molecule has 14 heavy (non-hydrogen) atoms. The lowest BCUT2D eigenvalue weighted by atomic mass is 10.2. The third-order valence-corrected chi connectivity index (χ3v) is 2.72. The van der Waals surface area contributed by atoms with Crippen LogP contribution in [0.4, 0.5) is 5.69 Å². The van der Waals surface area contributed by atoms with Gasteiger partial charge in [-0.25, -0.2) is 0 Å². The van der Waals surface area contributed by atoms with Crippen LogP contribution in [0.3, 0.4) is 0 Å². The van der Waals surface area contributed by atoms with E-state index in [2.05, 4.69) is 21.2 Å². The van der Waals surface area contributed by atoms with Gasteiger partial charge in [-0.1, -0.05) is 22.0 Å². The number of aliphatic hydroxyl groups is 1. The summed E-state index contributed by atoms with van der Waals surface area (Å²) in [6.45, 7) is 0.985. The molecule has 2 N–H and O–H groups in total. The topological polar surface area (TPSA) is 41.5 Å². The number of nitrogens with one attached hydrogen (secondary N) is 1. The zero-order valence-electron chi connectivity index (χ0n) is 7.61. The Morgan fingerprint density at radius 3 is 2.93 bits per heavy atom. The molecule has 1 aliphatic rings. The van der Waals surface area contributed by atoms with E-state index >= 15 is 0 Å². The van der Waals surface area contributed by atoms with Crippen LogP contribution in [0.1, 0.15) is 0 Å². The molecule has 0 spiro atoms. The van der Waals surface area contributed by atoms with E-state index in [0.29, 0.717) is 13.2 Å². The van der Waals surface area contributed by atoms with Gasteiger partial charge in [-0.15, -0.1) is 0 Å². The van der Waals surface area contributed by atoms with E-state index in [1.807, 2.05) is 24.3 Å². The molecule has 0 bridgehead atoms. The summed E-state index contributed by atoms with van der Waals surface area (Å²) in [5.41, 5.74) is 0.994. The van der Waals surface area contributed by atoms with Crippen molar-refractivity contribution in [2.75, 3.05) is 18.5 Å². The summed E-state index contributed by atoms with van der Waals surface area (Å²) in [6.07, 6.45) is -0.408. The van der Waals surface area contributed by atoms with Crippen molar-refractivity contribution in [1.29, 1.82) is 0 Å². The van der Waals surface area contributed by atoms with E-state index in [1.54, 1.807) is 0 Å². The fourth-order valence-corrected chi connectivity index (χ4v) is 1.87. The molecule has 0 aromatic heterocycles. The molecular formula is C10H12BrNO2. The van der Waals surface area contributed by atoms with E-state index in [-0.39, 0.29) is 6.04 Å². The molecule has 0 saturated carbocycles. The number of halogens is 1. The standard InChI is InChI=1S/C10H12BrNO2/c11-7-2-1-3-8(4-7)12-9-5-14-6-10(9)13/h1-4,9-10,12-13H,5-6H2/t9-,10-/m0/s1. The van der Waals surface area contributed by atoms with Crippen LogP contribution < -0.4 is 5.32 Å². The second-order valence-corrected chi connectivity index (χ2v) is 4.28. The van der Waals surface area contributed by atoms with Crippen molar-refractivity contribution in [1.82, 2.24) is 0 Å². The molecule has 0 unspecified atom stereocenters. The van der Waals surface area contributed by atoms with Crippen LogP contribution in [-0.2, 0) is 4.74 Å². The number of ether oxygens (including phenoxy) is 1. The summed E-state index contributed by atoms with van der Waals surface area (Å²) in [7, 11) is 0. The molecule has 1 aromatic carbocycles. The van der Waals surface area contributed by atoms with Gasteiger partial charge in [-0.05, 0) is 18.2 Å². The summed E-state index contributed by atoms with van der Waals surface area (Å²) in [4.78, 5) is 0. The third kappa shape index (κ3) is 2.26. The molecule has 1 saturated heterocycles. The molecule has 1 heterocycles. The summed E-state index contributed by atoms with van der Waals surface area (Å²) in [5.74, 6) is 0. The van der Waals surface area contributed by atoms with Crippen molar-refractivity contribution >= 4 is 21.6 Å². The maximum Gasteiger partial charge on any atom is 0.0996 e. The third-order valence-electron chi connectivity index (χ3n) is 2.23. The molecular weight excluding hydrogens is 246 g/mol. The van der Waals surface area contributed by atoms with Crippen molar-refractivity contribution < 1.29 is 9.84 Å². The minimum atomic E-state index is -0.408. The number of hydrogen-bond donors (Lipinski definition) is 2. The van der Waals surface area contributed by atoms with Crippen LogP contribution in [0.2, 0.25) is 0 Å². The van der Waals surface area contributed by atoms with Crippen LogP contribution in [0.15, 0.2) is 28.7 Å². The monoisotopic (exact) mass is 257 g/mol. The van der Waals surface area contributed by atoms with Crippen molar-refractivity contribution in [3.63, 3.8) is 0 Å². The molecule has 3 nitrogen and oxygen atoms in total. The van der Waals surface area contributed by atoms with Gasteiger partial charge in [-0.3, -0.25) is 0 Å². The molecule has 76 valence electrons. The number of benzene rings is 1. The van der Waals surface area contributed by atoms with Crippen LogP contribution in [-0.4, -0.2) is 30.5 Å². The van der Waals surface area contributed by atoms with Crippen LogP contribution in [0, 0.1) is 0 Å². The predicted molar refractivity (Wildman–Crippen MR) is 58.4 cm³/mol. The molecule has 2 rings (SSSR count). The summed E-state index contributed by atoms with van der Waals surface area (Å²) >= 11 is 3.39. The van der Waals surface area contributed by atoms with Gasteiger partial charge in [0.1, 0.15) is 0 Å². The fraction of sp³-hybridized carbons (Fsp3) is 0.400. The Kier molecular flexibility index (Phi) is 3.05. The van der Waals surface area contributed by atoms with Gasteiger partial charge in [0, 0.05) is 10.2 Å². The molecule has 1 fully saturated rings. The second-order valence-electron chi connectivity index (χ2n) is 3.37. The Morgan fingerprint density at radius 2 is 2.29 bits per heavy atom. The molecule has 0 amide bonds. The normalized spacial score (nSPS) is 26.4. The van der Waals surface area contributed by atoms with Gasteiger partial charge in [0.15, 0.2) is 0 Å². The lowest BCUT2D eigenvalue weighted by Crippen LogP contribution is -2.31. The van der Waals surface area contributed by atoms with E-state index in [9.17, 15) is 5.11 Å². The van der Waals surface area contributed by atoms with Crippen LogP contribution in [0.5, 0.6) is 0 Å². The highest BCUT2D eigenvalue weighted by molar-refractivity contribution is 9.10. The molecule has 4 heteroatoms. The molecule has 1 aliphatic heterocycles. The van der Waals surface area contributed by atoms with Gasteiger partial charge in [0.2, 0.25) is 0 Å². The number of aliphatic hydroxyl groups excluding tert-OH is 1. The molecule has 2 atom stereocenters. The van der Waals surface area contributed by atoms with Gasteiger partial charge in [0.25, 0.3) is 0 Å². The Hall–Kier alpha value is -0.580. The Morgan fingerprint density at radius 1 is 1.43 bits per heavy atom. The highest BCUT2D eigenvalue weighted by Gasteiger charge is 2.25. The largest absolute Gasteiger partial charge is 0.388 e. The first kappa shape index (κ1) is 9.96. The zero-order chi connectivity index (χ0) is 9.97. The number of hydrogen-bond acceptors (Lipinski definition) is 3. The Bertz CT molecular complexity index is 319. The Balaban J connectivity index is 2.03. The number of anilines is 1. The molecule has 0 radical (unpaired) electrons. The maximum absolute atomic E-state index is 9.52.